The number of hydrogen-bond acceptors (Lipinski definition) is 8. The largest absolute Gasteiger partial charge is 0.375 e. The van der Waals surface area contributed by atoms with Crippen LogP contribution in [0.4, 0.5) is 0 Å². The summed E-state index contributed by atoms with van der Waals surface area (Å²) in [5, 5.41) is 18.4. The first-order chi connectivity index (χ1) is 9.20. The summed E-state index contributed by atoms with van der Waals surface area (Å²) < 4.78 is 5.52. The van der Waals surface area contributed by atoms with E-state index >= 15 is 0 Å². The summed E-state index contributed by atoms with van der Waals surface area (Å²) in [6.45, 7) is 6.89. The summed E-state index contributed by atoms with van der Waals surface area (Å²) in [5.41, 5.74) is -0.291. The molecule has 0 spiro atoms. The molecule has 0 aliphatic carbocycles. The summed E-state index contributed by atoms with van der Waals surface area (Å²) in [5.74, 6) is 0. The van der Waals surface area contributed by atoms with Gasteiger partial charge in [0.2, 0.25) is 0 Å². The predicted octanol–water partition coefficient (Wildman–Crippen LogP) is 0.520. The minimum Gasteiger partial charge on any atom is -0.375 e. The smallest absolute Gasteiger partial charge is 0.294 e. The molecule has 0 atom stereocenters. The molecule has 0 aromatic heterocycles. The molecule has 0 saturated carbocycles. The van der Waals surface area contributed by atoms with Gasteiger partial charge in [0.05, 0.1) is 12.2 Å². The van der Waals surface area contributed by atoms with Crippen LogP contribution in [-0.4, -0.2) is 60.1 Å². The van der Waals surface area contributed by atoms with Crippen LogP contribution in [0.5, 0.6) is 0 Å². The molecular formula is C10H21N3O7. The van der Waals surface area contributed by atoms with Crippen molar-refractivity contribution in [2.24, 2.45) is 0 Å². The van der Waals surface area contributed by atoms with Gasteiger partial charge < -0.3 is 14.4 Å². The molecule has 0 saturated heterocycles. The normalized spacial score (nSPS) is 11.4. The Morgan fingerprint density at radius 3 is 1.65 bits per heavy atom. The van der Waals surface area contributed by atoms with E-state index in [0.29, 0.717) is 13.2 Å². The van der Waals surface area contributed by atoms with Gasteiger partial charge in [-0.05, 0) is 20.8 Å². The first kappa shape index (κ1) is 18.3. The standard InChI is InChI=1S/C10H21N3O7/c1-10(2,3)18-7-4-11(5-8-19-12(14)15)6-9-20-13(16)17/h4-9H2,1-3H3. The highest BCUT2D eigenvalue weighted by Crippen LogP contribution is 2.06. The molecular weight excluding hydrogens is 274 g/mol. The molecule has 0 unspecified atom stereocenters. The molecule has 0 N–H and O–H groups in total. The molecule has 0 fully saturated rings. The molecule has 0 radical (unpaired) electrons. The molecule has 0 heterocycles. The quantitative estimate of drug-likeness (QED) is 0.400. The fraction of sp³-hybridized carbons (Fsp3) is 1.00. The highest BCUT2D eigenvalue weighted by Gasteiger charge is 2.12. The Bertz CT molecular complexity index is 286. The second kappa shape index (κ2) is 9.26. The average Bonchev–Trinajstić information content (AvgIpc) is 2.25. The van der Waals surface area contributed by atoms with E-state index in [4.69, 9.17) is 4.74 Å². The van der Waals surface area contributed by atoms with Crippen molar-refractivity contribution in [1.29, 1.82) is 0 Å². The lowest BCUT2D eigenvalue weighted by Crippen LogP contribution is -2.36. The van der Waals surface area contributed by atoms with E-state index in [9.17, 15) is 20.2 Å². The Hall–Kier alpha value is -1.68. The summed E-state index contributed by atoms with van der Waals surface area (Å²) in [6, 6.07) is 0. The molecule has 20 heavy (non-hydrogen) atoms. The zero-order valence-corrected chi connectivity index (χ0v) is 11.9. The summed E-state index contributed by atoms with van der Waals surface area (Å²) in [4.78, 5) is 30.3. The van der Waals surface area contributed by atoms with Gasteiger partial charge in [-0.2, -0.15) is 0 Å². The lowest BCUT2D eigenvalue weighted by Gasteiger charge is -2.25. The maximum atomic E-state index is 10.1. The highest BCUT2D eigenvalue weighted by atomic mass is 17.0. The zero-order valence-electron chi connectivity index (χ0n) is 11.9. The van der Waals surface area contributed by atoms with E-state index in [1.165, 1.54) is 0 Å². The monoisotopic (exact) mass is 295 g/mol. The fourth-order valence-corrected chi connectivity index (χ4v) is 1.31. The van der Waals surface area contributed by atoms with Crippen LogP contribution in [-0.2, 0) is 14.4 Å². The molecule has 0 aromatic carbocycles. The van der Waals surface area contributed by atoms with E-state index < -0.39 is 10.2 Å². The summed E-state index contributed by atoms with van der Waals surface area (Å²) in [6.07, 6.45) is 0. The van der Waals surface area contributed by atoms with Crippen molar-refractivity contribution < 1.29 is 24.6 Å². The van der Waals surface area contributed by atoms with Crippen molar-refractivity contribution in [3.63, 3.8) is 0 Å². The molecule has 0 aromatic rings. The molecule has 0 bridgehead atoms. The van der Waals surface area contributed by atoms with Crippen molar-refractivity contribution >= 4 is 0 Å². The second-order valence-electron chi connectivity index (χ2n) is 4.92. The van der Waals surface area contributed by atoms with Crippen molar-refractivity contribution in [2.45, 2.75) is 26.4 Å². The van der Waals surface area contributed by atoms with Gasteiger partial charge >= 0.3 is 0 Å². The third-order valence-electron chi connectivity index (χ3n) is 2.15. The molecule has 0 amide bonds. The minimum absolute atomic E-state index is 0.110. The Labute approximate surface area is 116 Å². The van der Waals surface area contributed by atoms with E-state index in [2.05, 4.69) is 9.68 Å². The van der Waals surface area contributed by atoms with Crippen molar-refractivity contribution in [1.82, 2.24) is 4.90 Å². The van der Waals surface area contributed by atoms with Crippen LogP contribution in [0.15, 0.2) is 0 Å². The first-order valence-corrected chi connectivity index (χ1v) is 6.11. The van der Waals surface area contributed by atoms with Gasteiger partial charge in [0, 0.05) is 19.6 Å². The summed E-state index contributed by atoms with van der Waals surface area (Å²) in [7, 11) is 0. The summed E-state index contributed by atoms with van der Waals surface area (Å²) >= 11 is 0. The average molecular weight is 295 g/mol. The lowest BCUT2D eigenvalue weighted by molar-refractivity contribution is -0.758. The maximum Gasteiger partial charge on any atom is 0.294 e. The van der Waals surface area contributed by atoms with Gasteiger partial charge in [-0.25, -0.2) is 0 Å². The van der Waals surface area contributed by atoms with Crippen LogP contribution in [0.2, 0.25) is 0 Å². The van der Waals surface area contributed by atoms with Crippen LogP contribution in [0.25, 0.3) is 0 Å². The van der Waals surface area contributed by atoms with Crippen molar-refractivity contribution in [3.8, 4) is 0 Å². The molecule has 0 aliphatic heterocycles. The number of rotatable bonds is 11. The first-order valence-electron chi connectivity index (χ1n) is 6.11. The van der Waals surface area contributed by atoms with Gasteiger partial charge in [-0.3, -0.25) is 4.90 Å². The number of nitrogens with zero attached hydrogens (tertiary/aromatic N) is 3. The van der Waals surface area contributed by atoms with Crippen LogP contribution in [0.1, 0.15) is 20.8 Å². The number of hydrogen-bond donors (Lipinski definition) is 0. The fourth-order valence-electron chi connectivity index (χ4n) is 1.31. The highest BCUT2D eigenvalue weighted by molar-refractivity contribution is 4.61. The topological polar surface area (TPSA) is 117 Å². The Kier molecular flexibility index (Phi) is 8.48. The van der Waals surface area contributed by atoms with E-state index in [1.54, 1.807) is 4.90 Å². The van der Waals surface area contributed by atoms with Gasteiger partial charge in [0.15, 0.2) is 0 Å². The molecule has 118 valence electrons. The predicted molar refractivity (Wildman–Crippen MR) is 68.0 cm³/mol. The molecule has 0 rings (SSSR count). The lowest BCUT2D eigenvalue weighted by atomic mass is 10.2. The van der Waals surface area contributed by atoms with Crippen LogP contribution < -0.4 is 0 Å². The molecule has 0 aliphatic rings. The van der Waals surface area contributed by atoms with Gasteiger partial charge in [0.25, 0.3) is 10.2 Å². The second-order valence-corrected chi connectivity index (χ2v) is 4.92. The third kappa shape index (κ3) is 12.8. The van der Waals surface area contributed by atoms with Crippen LogP contribution >= 0.6 is 0 Å². The Morgan fingerprint density at radius 2 is 1.30 bits per heavy atom. The SMILES string of the molecule is CC(C)(C)OCCN(CCO[N+](=O)[O-])CCO[N+](=O)[O-]. The van der Waals surface area contributed by atoms with Gasteiger partial charge in [-0.1, -0.05) is 0 Å². The molecule has 10 heteroatoms. The van der Waals surface area contributed by atoms with Gasteiger partial charge in [-0.15, -0.1) is 20.2 Å². The van der Waals surface area contributed by atoms with E-state index in [-0.39, 0.29) is 31.9 Å². The number of ether oxygens (including phenoxy) is 1. The third-order valence-corrected chi connectivity index (χ3v) is 2.15. The zero-order chi connectivity index (χ0) is 15.6. The van der Waals surface area contributed by atoms with Crippen LogP contribution in [0, 0.1) is 20.2 Å². The Balaban J connectivity index is 4.03. The van der Waals surface area contributed by atoms with Crippen LogP contribution in [0.3, 0.4) is 0 Å². The Morgan fingerprint density at radius 1 is 0.900 bits per heavy atom. The molecule has 10 nitrogen and oxygen atoms in total. The maximum absolute atomic E-state index is 10.1. The van der Waals surface area contributed by atoms with Crippen molar-refractivity contribution in [2.75, 3.05) is 39.5 Å². The van der Waals surface area contributed by atoms with Gasteiger partial charge in [0.1, 0.15) is 13.2 Å². The van der Waals surface area contributed by atoms with E-state index in [1.807, 2.05) is 20.8 Å². The van der Waals surface area contributed by atoms with Crippen molar-refractivity contribution in [3.05, 3.63) is 20.2 Å². The van der Waals surface area contributed by atoms with E-state index in [0.717, 1.165) is 0 Å². The minimum atomic E-state index is -0.878.